The van der Waals surface area contributed by atoms with E-state index in [0.717, 1.165) is 24.2 Å². The molecular formula is C9H15N3. The van der Waals surface area contributed by atoms with Gasteiger partial charge in [-0.2, -0.15) is 5.10 Å². The van der Waals surface area contributed by atoms with Crippen molar-refractivity contribution >= 4 is 0 Å². The Morgan fingerprint density at radius 2 is 2.50 bits per heavy atom. The molecule has 0 bridgehead atoms. The molecule has 0 spiro atoms. The van der Waals surface area contributed by atoms with Crippen LogP contribution in [0, 0.1) is 6.92 Å². The molecule has 12 heavy (non-hydrogen) atoms. The quantitative estimate of drug-likeness (QED) is 0.682. The Kier molecular flexibility index (Phi) is 3.05. The maximum absolute atomic E-state index is 5.52. The predicted octanol–water partition coefficient (Wildman–Crippen LogP) is 1.23. The van der Waals surface area contributed by atoms with Crippen LogP contribution in [0.1, 0.15) is 17.7 Å². The molecular weight excluding hydrogens is 150 g/mol. The molecule has 66 valence electrons. The first kappa shape index (κ1) is 9.00. The van der Waals surface area contributed by atoms with Gasteiger partial charge in [0, 0.05) is 24.8 Å². The normalized spacial score (nSPS) is 10.2. The molecule has 0 aliphatic carbocycles. The Labute approximate surface area is 72.9 Å². The van der Waals surface area contributed by atoms with Crippen LogP contribution in [0.15, 0.2) is 18.9 Å². The Morgan fingerprint density at radius 3 is 3.00 bits per heavy atom. The number of allylic oxidation sites excluding steroid dienone is 1. The largest absolute Gasteiger partial charge is 0.326 e. The molecule has 0 atom stereocenters. The smallest absolute Gasteiger partial charge is 0.0638 e. The van der Waals surface area contributed by atoms with Gasteiger partial charge in [-0.25, -0.2) is 0 Å². The minimum absolute atomic E-state index is 0.569. The first-order valence-corrected chi connectivity index (χ1v) is 4.12. The molecule has 1 aromatic rings. The molecule has 0 saturated heterocycles. The zero-order valence-electron chi connectivity index (χ0n) is 7.45. The monoisotopic (exact) mass is 165 g/mol. The van der Waals surface area contributed by atoms with Gasteiger partial charge < -0.3 is 5.73 Å². The van der Waals surface area contributed by atoms with Crippen molar-refractivity contribution < 1.29 is 0 Å². The molecule has 0 saturated carbocycles. The maximum Gasteiger partial charge on any atom is 0.0638 e. The summed E-state index contributed by atoms with van der Waals surface area (Å²) in [6.07, 6.45) is 4.84. The molecule has 0 aliphatic rings. The van der Waals surface area contributed by atoms with Gasteiger partial charge in [-0.15, -0.1) is 6.58 Å². The van der Waals surface area contributed by atoms with Gasteiger partial charge in [-0.1, -0.05) is 6.08 Å². The molecule has 0 unspecified atom stereocenters. The lowest BCUT2D eigenvalue weighted by Crippen LogP contribution is -1.97. The maximum atomic E-state index is 5.52. The zero-order chi connectivity index (χ0) is 8.97. The number of hydrogen-bond acceptors (Lipinski definition) is 2. The van der Waals surface area contributed by atoms with Crippen LogP contribution in [0.4, 0.5) is 0 Å². The molecule has 0 aromatic carbocycles. The SMILES string of the molecule is C=CCCn1cc(CN)c(C)n1. The first-order chi connectivity index (χ1) is 5.77. The van der Waals surface area contributed by atoms with Crippen molar-refractivity contribution in [1.29, 1.82) is 0 Å². The van der Waals surface area contributed by atoms with Crippen molar-refractivity contribution in [2.45, 2.75) is 26.4 Å². The third-order valence-electron chi connectivity index (χ3n) is 1.83. The summed E-state index contributed by atoms with van der Waals surface area (Å²) in [5.41, 5.74) is 7.67. The number of aryl methyl sites for hydroxylation is 2. The highest BCUT2D eigenvalue weighted by atomic mass is 15.3. The Hall–Kier alpha value is -1.09. The van der Waals surface area contributed by atoms with Crippen LogP contribution in [0.3, 0.4) is 0 Å². The van der Waals surface area contributed by atoms with Crippen LogP contribution >= 0.6 is 0 Å². The van der Waals surface area contributed by atoms with E-state index >= 15 is 0 Å². The van der Waals surface area contributed by atoms with Gasteiger partial charge in [0.2, 0.25) is 0 Å². The fraction of sp³-hybridized carbons (Fsp3) is 0.444. The summed E-state index contributed by atoms with van der Waals surface area (Å²) < 4.78 is 1.92. The topological polar surface area (TPSA) is 43.8 Å². The summed E-state index contributed by atoms with van der Waals surface area (Å²) in [7, 11) is 0. The molecule has 1 aromatic heterocycles. The fourth-order valence-corrected chi connectivity index (χ4v) is 1.10. The summed E-state index contributed by atoms with van der Waals surface area (Å²) >= 11 is 0. The van der Waals surface area contributed by atoms with Crippen molar-refractivity contribution in [3.05, 3.63) is 30.1 Å². The summed E-state index contributed by atoms with van der Waals surface area (Å²) in [5.74, 6) is 0. The predicted molar refractivity (Wildman–Crippen MR) is 49.7 cm³/mol. The number of rotatable bonds is 4. The zero-order valence-corrected chi connectivity index (χ0v) is 7.45. The highest BCUT2D eigenvalue weighted by Gasteiger charge is 2.00. The lowest BCUT2D eigenvalue weighted by Gasteiger charge is -1.95. The van der Waals surface area contributed by atoms with Gasteiger partial charge in [0.1, 0.15) is 0 Å². The van der Waals surface area contributed by atoms with Crippen LogP contribution in [0.5, 0.6) is 0 Å². The third-order valence-corrected chi connectivity index (χ3v) is 1.83. The second-order valence-corrected chi connectivity index (χ2v) is 2.78. The average Bonchev–Trinajstić information content (AvgIpc) is 2.43. The molecule has 1 rings (SSSR count). The van der Waals surface area contributed by atoms with E-state index in [4.69, 9.17) is 5.73 Å². The molecule has 3 heteroatoms. The van der Waals surface area contributed by atoms with E-state index in [0.29, 0.717) is 6.54 Å². The minimum Gasteiger partial charge on any atom is -0.326 e. The second kappa shape index (κ2) is 4.07. The van der Waals surface area contributed by atoms with E-state index in [1.807, 2.05) is 23.9 Å². The summed E-state index contributed by atoms with van der Waals surface area (Å²) in [6, 6.07) is 0. The number of nitrogens with zero attached hydrogens (tertiary/aromatic N) is 2. The van der Waals surface area contributed by atoms with E-state index in [2.05, 4.69) is 11.7 Å². The summed E-state index contributed by atoms with van der Waals surface area (Å²) in [4.78, 5) is 0. The van der Waals surface area contributed by atoms with Gasteiger partial charge in [-0.05, 0) is 13.3 Å². The fourth-order valence-electron chi connectivity index (χ4n) is 1.10. The molecule has 3 nitrogen and oxygen atoms in total. The van der Waals surface area contributed by atoms with E-state index in [1.54, 1.807) is 0 Å². The summed E-state index contributed by atoms with van der Waals surface area (Å²) in [5, 5.41) is 4.31. The van der Waals surface area contributed by atoms with Crippen LogP contribution < -0.4 is 5.73 Å². The van der Waals surface area contributed by atoms with E-state index in [1.165, 1.54) is 0 Å². The highest BCUT2D eigenvalue weighted by molar-refractivity contribution is 5.14. The van der Waals surface area contributed by atoms with Gasteiger partial charge in [0.25, 0.3) is 0 Å². The molecule has 1 heterocycles. The Bertz CT molecular complexity index is 263. The molecule has 0 amide bonds. The lowest BCUT2D eigenvalue weighted by atomic mass is 10.3. The van der Waals surface area contributed by atoms with Crippen molar-refractivity contribution in [3.63, 3.8) is 0 Å². The second-order valence-electron chi connectivity index (χ2n) is 2.78. The van der Waals surface area contributed by atoms with Gasteiger partial charge in [0.15, 0.2) is 0 Å². The average molecular weight is 165 g/mol. The van der Waals surface area contributed by atoms with Crippen molar-refractivity contribution in [1.82, 2.24) is 9.78 Å². The highest BCUT2D eigenvalue weighted by Crippen LogP contribution is 2.04. The lowest BCUT2D eigenvalue weighted by molar-refractivity contribution is 0.618. The number of aromatic nitrogens is 2. The molecule has 0 fully saturated rings. The van der Waals surface area contributed by atoms with Crippen molar-refractivity contribution in [2.75, 3.05) is 0 Å². The number of hydrogen-bond donors (Lipinski definition) is 1. The Morgan fingerprint density at radius 1 is 1.75 bits per heavy atom. The van der Waals surface area contributed by atoms with E-state index in [-0.39, 0.29) is 0 Å². The number of nitrogens with two attached hydrogens (primary N) is 1. The van der Waals surface area contributed by atoms with Crippen molar-refractivity contribution in [3.8, 4) is 0 Å². The van der Waals surface area contributed by atoms with Gasteiger partial charge in [0.05, 0.1) is 5.69 Å². The first-order valence-electron chi connectivity index (χ1n) is 4.12. The van der Waals surface area contributed by atoms with E-state index in [9.17, 15) is 0 Å². The molecule has 2 N–H and O–H groups in total. The van der Waals surface area contributed by atoms with Gasteiger partial charge >= 0.3 is 0 Å². The van der Waals surface area contributed by atoms with Crippen LogP contribution in [-0.4, -0.2) is 9.78 Å². The van der Waals surface area contributed by atoms with Crippen LogP contribution in [0.25, 0.3) is 0 Å². The van der Waals surface area contributed by atoms with Gasteiger partial charge in [-0.3, -0.25) is 4.68 Å². The minimum atomic E-state index is 0.569. The third kappa shape index (κ3) is 1.95. The van der Waals surface area contributed by atoms with Crippen molar-refractivity contribution in [2.24, 2.45) is 5.73 Å². The summed E-state index contributed by atoms with van der Waals surface area (Å²) in [6.45, 7) is 7.10. The van der Waals surface area contributed by atoms with Crippen LogP contribution in [-0.2, 0) is 13.1 Å². The Balaban J connectivity index is 2.68. The van der Waals surface area contributed by atoms with E-state index < -0.39 is 0 Å². The molecule has 0 radical (unpaired) electrons. The standard InChI is InChI=1S/C9H15N3/c1-3-4-5-12-7-9(6-10)8(2)11-12/h3,7H,1,4-6,10H2,2H3. The van der Waals surface area contributed by atoms with Crippen LogP contribution in [0.2, 0.25) is 0 Å². The molecule has 0 aliphatic heterocycles.